The van der Waals surface area contributed by atoms with Crippen LogP contribution in [0.15, 0.2) is 23.1 Å². The third-order valence-corrected chi connectivity index (χ3v) is 4.68. The summed E-state index contributed by atoms with van der Waals surface area (Å²) in [7, 11) is -0.401. The number of benzene rings is 1. The van der Waals surface area contributed by atoms with Crippen LogP contribution in [0, 0.1) is 0 Å². The molecule has 0 fully saturated rings. The number of hydrogen-bond donors (Lipinski definition) is 2. The number of nitrogens with one attached hydrogen (secondary N) is 2. The average Bonchev–Trinajstić information content (AvgIpc) is 2.46. The molecule has 9 heteroatoms. The molecule has 0 heterocycles. The minimum absolute atomic E-state index is 0. The average molecular weight is 387 g/mol. The molecule has 1 aromatic carbocycles. The van der Waals surface area contributed by atoms with Crippen LogP contribution in [0.3, 0.4) is 0 Å². The lowest BCUT2D eigenvalue weighted by molar-refractivity contribution is 0.0901. The first-order valence-corrected chi connectivity index (χ1v) is 8.78. The molecule has 0 aromatic heterocycles. The van der Waals surface area contributed by atoms with Crippen molar-refractivity contribution in [1.82, 2.24) is 10.0 Å². The molecule has 0 radical (unpaired) electrons. The van der Waals surface area contributed by atoms with Gasteiger partial charge < -0.3 is 14.8 Å². The number of ether oxygens (including phenoxy) is 2. The number of sulfonamides is 1. The van der Waals surface area contributed by atoms with Crippen molar-refractivity contribution in [3.05, 3.63) is 23.2 Å². The van der Waals surface area contributed by atoms with Crippen molar-refractivity contribution in [3.63, 3.8) is 0 Å². The standard InChI is InChI=1S/C14H23ClN2O4S.ClH/c1-10(16-3)8-17-22(18,19)14-7-12(15)5-6-13(14)21-11(2)9-20-4;/h5-7,10-11,16-17H,8-9H2,1-4H3;1H. The summed E-state index contributed by atoms with van der Waals surface area (Å²) in [6, 6.07) is 4.52. The van der Waals surface area contributed by atoms with Crippen LogP contribution in [-0.4, -0.2) is 47.9 Å². The Bertz CT molecular complexity index is 584. The summed E-state index contributed by atoms with van der Waals surface area (Å²) in [5, 5.41) is 3.29. The highest BCUT2D eigenvalue weighted by molar-refractivity contribution is 7.89. The van der Waals surface area contributed by atoms with Gasteiger partial charge in [0, 0.05) is 24.7 Å². The Balaban J connectivity index is 0.00000484. The fourth-order valence-corrected chi connectivity index (χ4v) is 3.21. The van der Waals surface area contributed by atoms with E-state index in [0.717, 1.165) is 0 Å². The molecule has 0 aliphatic carbocycles. The summed E-state index contributed by atoms with van der Waals surface area (Å²) in [6.07, 6.45) is -0.281. The summed E-state index contributed by atoms with van der Waals surface area (Å²) in [5.74, 6) is 0.249. The Morgan fingerprint density at radius 2 is 1.96 bits per heavy atom. The molecule has 2 N–H and O–H groups in total. The second kappa shape index (κ2) is 10.3. The van der Waals surface area contributed by atoms with Crippen molar-refractivity contribution in [1.29, 1.82) is 0 Å². The zero-order chi connectivity index (χ0) is 16.8. The molecule has 23 heavy (non-hydrogen) atoms. The van der Waals surface area contributed by atoms with Gasteiger partial charge in [-0.3, -0.25) is 0 Å². The molecule has 0 aliphatic heterocycles. The largest absolute Gasteiger partial charge is 0.487 e. The van der Waals surface area contributed by atoms with E-state index >= 15 is 0 Å². The lowest BCUT2D eigenvalue weighted by Crippen LogP contribution is -2.37. The predicted molar refractivity (Wildman–Crippen MR) is 94.4 cm³/mol. The number of rotatable bonds is 9. The zero-order valence-corrected chi connectivity index (χ0v) is 16.0. The van der Waals surface area contributed by atoms with Crippen molar-refractivity contribution >= 4 is 34.0 Å². The molecule has 0 aliphatic rings. The maximum absolute atomic E-state index is 12.5. The van der Waals surface area contributed by atoms with E-state index in [9.17, 15) is 8.42 Å². The van der Waals surface area contributed by atoms with Crippen LogP contribution in [0.5, 0.6) is 5.75 Å². The molecule has 0 spiro atoms. The van der Waals surface area contributed by atoms with Gasteiger partial charge in [-0.2, -0.15) is 0 Å². The van der Waals surface area contributed by atoms with E-state index in [0.29, 0.717) is 11.6 Å². The van der Waals surface area contributed by atoms with Crippen molar-refractivity contribution in [2.24, 2.45) is 0 Å². The summed E-state index contributed by atoms with van der Waals surface area (Å²) >= 11 is 5.93. The van der Waals surface area contributed by atoms with Gasteiger partial charge in [-0.05, 0) is 39.1 Å². The van der Waals surface area contributed by atoms with E-state index in [1.807, 2.05) is 6.92 Å². The first-order chi connectivity index (χ1) is 10.3. The number of likely N-dealkylation sites (N-methyl/N-ethyl adjacent to an activating group) is 1. The van der Waals surface area contributed by atoms with E-state index in [4.69, 9.17) is 21.1 Å². The van der Waals surface area contributed by atoms with Crippen LogP contribution >= 0.6 is 24.0 Å². The van der Waals surface area contributed by atoms with Gasteiger partial charge in [-0.25, -0.2) is 13.1 Å². The summed E-state index contributed by atoms with van der Waals surface area (Å²) < 4.78 is 38.1. The van der Waals surface area contributed by atoms with Gasteiger partial charge in [0.2, 0.25) is 10.0 Å². The highest BCUT2D eigenvalue weighted by Crippen LogP contribution is 2.28. The highest BCUT2D eigenvalue weighted by atomic mass is 35.5. The van der Waals surface area contributed by atoms with Crippen molar-refractivity contribution in [3.8, 4) is 5.75 Å². The van der Waals surface area contributed by atoms with Crippen LogP contribution in [0.2, 0.25) is 5.02 Å². The van der Waals surface area contributed by atoms with Gasteiger partial charge >= 0.3 is 0 Å². The first-order valence-electron chi connectivity index (χ1n) is 6.92. The van der Waals surface area contributed by atoms with Gasteiger partial charge in [0.15, 0.2) is 0 Å². The molecule has 2 atom stereocenters. The lowest BCUT2D eigenvalue weighted by Gasteiger charge is -2.18. The molecule has 1 aromatic rings. The molecule has 6 nitrogen and oxygen atoms in total. The molecule has 0 saturated carbocycles. The number of methoxy groups -OCH3 is 1. The van der Waals surface area contributed by atoms with E-state index < -0.39 is 10.0 Å². The fraction of sp³-hybridized carbons (Fsp3) is 0.571. The van der Waals surface area contributed by atoms with Gasteiger partial charge in [-0.1, -0.05) is 11.6 Å². The van der Waals surface area contributed by atoms with E-state index in [1.54, 1.807) is 33.2 Å². The minimum atomic E-state index is -3.72. The quantitative estimate of drug-likeness (QED) is 0.679. The van der Waals surface area contributed by atoms with Gasteiger partial charge in [0.25, 0.3) is 0 Å². The van der Waals surface area contributed by atoms with E-state index in [1.165, 1.54) is 6.07 Å². The maximum atomic E-state index is 12.5. The molecular weight excluding hydrogens is 363 g/mol. The van der Waals surface area contributed by atoms with Crippen molar-refractivity contribution in [2.75, 3.05) is 27.3 Å². The summed E-state index contributed by atoms with van der Waals surface area (Å²) in [6.45, 7) is 4.29. The third-order valence-electron chi connectivity index (χ3n) is 3.00. The predicted octanol–water partition coefficient (Wildman–Crippen LogP) is 2.06. The topological polar surface area (TPSA) is 76.7 Å². The molecule has 0 amide bonds. The molecular formula is C14H24Cl2N2O4S. The van der Waals surface area contributed by atoms with Crippen LogP contribution in [0.1, 0.15) is 13.8 Å². The van der Waals surface area contributed by atoms with Crippen LogP contribution in [-0.2, 0) is 14.8 Å². The molecule has 0 bridgehead atoms. The number of halogens is 2. The molecule has 2 unspecified atom stereocenters. The molecule has 0 saturated heterocycles. The fourth-order valence-electron chi connectivity index (χ4n) is 1.69. The van der Waals surface area contributed by atoms with Gasteiger partial charge in [0.05, 0.1) is 6.61 Å². The van der Waals surface area contributed by atoms with Gasteiger partial charge in [-0.15, -0.1) is 12.4 Å². The van der Waals surface area contributed by atoms with Crippen LogP contribution in [0.4, 0.5) is 0 Å². The Morgan fingerprint density at radius 3 is 2.52 bits per heavy atom. The Labute approximate surface area is 149 Å². The third kappa shape index (κ3) is 7.24. The molecule has 1 rings (SSSR count). The Morgan fingerprint density at radius 1 is 1.30 bits per heavy atom. The Hall–Kier alpha value is -0.570. The monoisotopic (exact) mass is 386 g/mol. The summed E-state index contributed by atoms with van der Waals surface area (Å²) in [5.41, 5.74) is 0. The van der Waals surface area contributed by atoms with Crippen LogP contribution in [0.25, 0.3) is 0 Å². The second-order valence-corrected chi connectivity index (χ2v) is 7.19. The normalized spacial score (nSPS) is 14.0. The zero-order valence-electron chi connectivity index (χ0n) is 13.6. The van der Waals surface area contributed by atoms with E-state index in [-0.39, 0.29) is 41.7 Å². The minimum Gasteiger partial charge on any atom is -0.487 e. The van der Waals surface area contributed by atoms with E-state index in [2.05, 4.69) is 10.0 Å². The van der Waals surface area contributed by atoms with Gasteiger partial charge in [0.1, 0.15) is 16.7 Å². The smallest absolute Gasteiger partial charge is 0.244 e. The summed E-state index contributed by atoms with van der Waals surface area (Å²) in [4.78, 5) is 0.0197. The lowest BCUT2D eigenvalue weighted by atomic mass is 10.3. The van der Waals surface area contributed by atoms with Crippen LogP contribution < -0.4 is 14.8 Å². The first kappa shape index (κ1) is 22.4. The maximum Gasteiger partial charge on any atom is 0.244 e. The SMILES string of the molecule is CNC(C)CNS(=O)(=O)c1cc(Cl)ccc1OC(C)COC.Cl. The second-order valence-electron chi connectivity index (χ2n) is 5.02. The number of hydrogen-bond acceptors (Lipinski definition) is 5. The highest BCUT2D eigenvalue weighted by Gasteiger charge is 2.22. The Kier molecular flexibility index (Phi) is 10.1. The molecule has 134 valence electrons. The van der Waals surface area contributed by atoms with Crippen molar-refractivity contribution in [2.45, 2.75) is 30.9 Å². The van der Waals surface area contributed by atoms with Crippen molar-refractivity contribution < 1.29 is 17.9 Å².